The molecule has 2 heterocycles. The Kier molecular flexibility index (Phi) is 4.85. The van der Waals surface area contributed by atoms with Crippen LogP contribution in [0.3, 0.4) is 0 Å². The molecule has 3 aromatic rings. The SMILES string of the molecule is Cc1nc(NC(=O)c2ccnc(Cc3ccccc3)c2)sc1C(N)=O. The highest BCUT2D eigenvalue weighted by atomic mass is 32.1. The zero-order valence-corrected chi connectivity index (χ0v) is 14.3. The topological polar surface area (TPSA) is 98.0 Å². The summed E-state index contributed by atoms with van der Waals surface area (Å²) < 4.78 is 0. The number of carbonyl (C=O) groups excluding carboxylic acids is 2. The first-order valence-corrected chi connectivity index (χ1v) is 8.42. The number of aromatic nitrogens is 2. The lowest BCUT2D eigenvalue weighted by molar-refractivity contribution is 0.1000. The number of nitrogens with two attached hydrogens (primary N) is 1. The first-order valence-electron chi connectivity index (χ1n) is 7.60. The van der Waals surface area contributed by atoms with E-state index in [-0.39, 0.29) is 5.91 Å². The summed E-state index contributed by atoms with van der Waals surface area (Å²) in [6.07, 6.45) is 2.25. The van der Waals surface area contributed by atoms with Crippen LogP contribution in [0.1, 0.15) is 37.0 Å². The fourth-order valence-corrected chi connectivity index (χ4v) is 3.18. The second kappa shape index (κ2) is 7.23. The predicted molar refractivity (Wildman–Crippen MR) is 96.8 cm³/mol. The molecule has 2 amide bonds. The van der Waals surface area contributed by atoms with Crippen LogP contribution >= 0.6 is 11.3 Å². The summed E-state index contributed by atoms with van der Waals surface area (Å²) in [7, 11) is 0. The van der Waals surface area contributed by atoms with Crippen LogP contribution in [0, 0.1) is 6.92 Å². The number of carbonyl (C=O) groups is 2. The van der Waals surface area contributed by atoms with E-state index in [0.717, 1.165) is 22.6 Å². The van der Waals surface area contributed by atoms with E-state index in [9.17, 15) is 9.59 Å². The number of nitrogens with zero attached hydrogens (tertiary/aromatic N) is 2. The monoisotopic (exact) mass is 352 g/mol. The van der Waals surface area contributed by atoms with Crippen molar-refractivity contribution >= 4 is 28.3 Å². The molecular weight excluding hydrogens is 336 g/mol. The van der Waals surface area contributed by atoms with Crippen LogP contribution in [0.25, 0.3) is 0 Å². The van der Waals surface area contributed by atoms with Crippen molar-refractivity contribution in [2.75, 3.05) is 5.32 Å². The van der Waals surface area contributed by atoms with Crippen molar-refractivity contribution in [1.82, 2.24) is 9.97 Å². The molecule has 0 aliphatic heterocycles. The average Bonchev–Trinajstić information content (AvgIpc) is 2.96. The van der Waals surface area contributed by atoms with Crippen LogP contribution in [-0.4, -0.2) is 21.8 Å². The highest BCUT2D eigenvalue weighted by Gasteiger charge is 2.15. The highest BCUT2D eigenvalue weighted by Crippen LogP contribution is 2.22. The quantitative estimate of drug-likeness (QED) is 0.738. The van der Waals surface area contributed by atoms with Gasteiger partial charge < -0.3 is 5.73 Å². The van der Waals surface area contributed by atoms with Crippen LogP contribution in [0.2, 0.25) is 0 Å². The summed E-state index contributed by atoms with van der Waals surface area (Å²) in [4.78, 5) is 32.5. The van der Waals surface area contributed by atoms with Crippen LogP contribution in [-0.2, 0) is 6.42 Å². The minimum absolute atomic E-state index is 0.304. The number of hydrogen-bond acceptors (Lipinski definition) is 5. The van der Waals surface area contributed by atoms with Gasteiger partial charge in [0.2, 0.25) is 0 Å². The van der Waals surface area contributed by atoms with Crippen molar-refractivity contribution in [3.8, 4) is 0 Å². The molecule has 25 heavy (non-hydrogen) atoms. The maximum atomic E-state index is 12.4. The number of rotatable bonds is 5. The van der Waals surface area contributed by atoms with E-state index in [0.29, 0.717) is 27.7 Å². The second-order valence-corrected chi connectivity index (χ2v) is 6.45. The van der Waals surface area contributed by atoms with E-state index in [1.54, 1.807) is 25.3 Å². The van der Waals surface area contributed by atoms with Crippen molar-refractivity contribution in [3.63, 3.8) is 0 Å². The average molecular weight is 352 g/mol. The maximum Gasteiger partial charge on any atom is 0.260 e. The molecule has 0 aliphatic carbocycles. The molecular formula is C18H16N4O2S. The molecule has 0 saturated carbocycles. The van der Waals surface area contributed by atoms with Gasteiger partial charge in [-0.1, -0.05) is 41.7 Å². The smallest absolute Gasteiger partial charge is 0.260 e. The van der Waals surface area contributed by atoms with Gasteiger partial charge in [0.15, 0.2) is 5.13 Å². The second-order valence-electron chi connectivity index (χ2n) is 5.45. The molecule has 126 valence electrons. The Balaban J connectivity index is 1.75. The molecule has 6 nitrogen and oxygen atoms in total. The Hall–Kier alpha value is -3.06. The van der Waals surface area contributed by atoms with Crippen molar-refractivity contribution < 1.29 is 9.59 Å². The minimum atomic E-state index is -0.551. The summed E-state index contributed by atoms with van der Waals surface area (Å²) in [6, 6.07) is 13.3. The Morgan fingerprint density at radius 1 is 1.20 bits per heavy atom. The first-order chi connectivity index (χ1) is 12.0. The number of benzene rings is 1. The molecule has 7 heteroatoms. The number of hydrogen-bond donors (Lipinski definition) is 2. The lowest BCUT2D eigenvalue weighted by atomic mass is 10.1. The zero-order chi connectivity index (χ0) is 17.8. The Bertz CT molecular complexity index is 922. The van der Waals surface area contributed by atoms with Gasteiger partial charge in [-0.15, -0.1) is 0 Å². The molecule has 0 aliphatic rings. The van der Waals surface area contributed by atoms with Crippen LogP contribution < -0.4 is 11.1 Å². The van der Waals surface area contributed by atoms with Crippen LogP contribution in [0.4, 0.5) is 5.13 Å². The largest absolute Gasteiger partial charge is 0.365 e. The van der Waals surface area contributed by atoms with Gasteiger partial charge in [0.1, 0.15) is 4.88 Å². The van der Waals surface area contributed by atoms with Gasteiger partial charge in [0.05, 0.1) is 5.69 Å². The van der Waals surface area contributed by atoms with Gasteiger partial charge >= 0.3 is 0 Å². The Morgan fingerprint density at radius 3 is 2.64 bits per heavy atom. The zero-order valence-electron chi connectivity index (χ0n) is 13.5. The molecule has 0 bridgehead atoms. The standard InChI is InChI=1S/C18H16N4O2S/c1-11-15(16(19)23)25-18(21-11)22-17(24)13-7-8-20-14(10-13)9-12-5-3-2-4-6-12/h2-8,10H,9H2,1H3,(H2,19,23)(H,21,22,24). The lowest BCUT2D eigenvalue weighted by Gasteiger charge is -2.05. The number of thiazole rings is 1. The van der Waals surface area contributed by atoms with Crippen LogP contribution in [0.15, 0.2) is 48.7 Å². The minimum Gasteiger partial charge on any atom is -0.365 e. The summed E-state index contributed by atoms with van der Waals surface area (Å²) >= 11 is 1.06. The van der Waals surface area contributed by atoms with Crippen molar-refractivity contribution in [2.45, 2.75) is 13.3 Å². The normalized spacial score (nSPS) is 10.4. The van der Waals surface area contributed by atoms with E-state index in [1.807, 2.05) is 30.3 Å². The molecule has 0 radical (unpaired) electrons. The fraction of sp³-hybridized carbons (Fsp3) is 0.111. The third kappa shape index (κ3) is 4.07. The third-order valence-electron chi connectivity index (χ3n) is 3.55. The third-order valence-corrected chi connectivity index (χ3v) is 4.64. The van der Waals surface area contributed by atoms with Gasteiger partial charge in [0.25, 0.3) is 11.8 Å². The Morgan fingerprint density at radius 2 is 1.96 bits per heavy atom. The van der Waals surface area contributed by atoms with Gasteiger partial charge in [0, 0.05) is 23.9 Å². The molecule has 0 fully saturated rings. The van der Waals surface area contributed by atoms with E-state index in [1.165, 1.54) is 0 Å². The predicted octanol–water partition coefficient (Wildman–Crippen LogP) is 2.79. The summed E-state index contributed by atoms with van der Waals surface area (Å²) in [6.45, 7) is 1.68. The molecule has 1 aromatic carbocycles. The molecule has 0 unspecified atom stereocenters. The van der Waals surface area contributed by atoms with E-state index >= 15 is 0 Å². The molecule has 2 aromatic heterocycles. The van der Waals surface area contributed by atoms with E-state index in [4.69, 9.17) is 5.73 Å². The maximum absolute atomic E-state index is 12.4. The number of amides is 2. The summed E-state index contributed by atoms with van der Waals surface area (Å²) in [5.41, 5.74) is 8.18. The summed E-state index contributed by atoms with van der Waals surface area (Å²) in [5.74, 6) is -0.856. The number of aryl methyl sites for hydroxylation is 1. The number of anilines is 1. The van der Waals surface area contributed by atoms with Gasteiger partial charge in [-0.05, 0) is 24.6 Å². The lowest BCUT2D eigenvalue weighted by Crippen LogP contribution is -2.12. The number of pyridine rings is 1. The number of nitrogens with one attached hydrogen (secondary N) is 1. The van der Waals surface area contributed by atoms with Crippen molar-refractivity contribution in [1.29, 1.82) is 0 Å². The van der Waals surface area contributed by atoms with Crippen LogP contribution in [0.5, 0.6) is 0 Å². The van der Waals surface area contributed by atoms with E-state index in [2.05, 4.69) is 15.3 Å². The molecule has 0 saturated heterocycles. The van der Waals surface area contributed by atoms with Gasteiger partial charge in [-0.25, -0.2) is 4.98 Å². The van der Waals surface area contributed by atoms with Crippen molar-refractivity contribution in [3.05, 3.63) is 76.1 Å². The highest BCUT2D eigenvalue weighted by molar-refractivity contribution is 7.17. The molecule has 3 N–H and O–H groups in total. The molecule has 0 atom stereocenters. The summed E-state index contributed by atoms with van der Waals surface area (Å²) in [5, 5.41) is 3.04. The first kappa shape index (κ1) is 16.8. The number of primary amides is 1. The Labute approximate surface area is 148 Å². The fourth-order valence-electron chi connectivity index (χ4n) is 2.37. The molecule has 3 rings (SSSR count). The van der Waals surface area contributed by atoms with Gasteiger partial charge in [-0.3, -0.25) is 19.9 Å². The molecule has 0 spiro atoms. The van der Waals surface area contributed by atoms with Gasteiger partial charge in [-0.2, -0.15) is 0 Å². The van der Waals surface area contributed by atoms with Crippen molar-refractivity contribution in [2.24, 2.45) is 5.73 Å². The van der Waals surface area contributed by atoms with E-state index < -0.39 is 5.91 Å².